The normalized spacial score (nSPS) is 9.83. The average molecular weight is 251 g/mol. The maximum Gasteiger partial charge on any atom is 0.251 e. The largest absolute Gasteiger partial charge is 0.395 e. The number of hydrogen-bond acceptors (Lipinski definition) is 4. The van der Waals surface area contributed by atoms with Crippen molar-refractivity contribution in [3.8, 4) is 0 Å². The van der Waals surface area contributed by atoms with Crippen LogP contribution >= 0.6 is 0 Å². The zero-order chi connectivity index (χ0) is 13.2. The van der Waals surface area contributed by atoms with Gasteiger partial charge in [-0.25, -0.2) is 0 Å². The Morgan fingerprint density at radius 2 is 1.89 bits per heavy atom. The van der Waals surface area contributed by atoms with Gasteiger partial charge >= 0.3 is 0 Å². The second-order valence-corrected chi connectivity index (χ2v) is 3.67. The maximum atomic E-state index is 11.6. The highest BCUT2D eigenvalue weighted by Crippen LogP contribution is 1.96. The minimum atomic E-state index is -0.173. The Hall–Kier alpha value is -1.95. The number of aliphatic hydroxyl groups is 1. The summed E-state index contributed by atoms with van der Waals surface area (Å²) in [5.41, 5.74) is 0.551. The minimum Gasteiger partial charge on any atom is -0.395 e. The van der Waals surface area contributed by atoms with Crippen LogP contribution in [0.5, 0.6) is 0 Å². The molecule has 1 aromatic heterocycles. The van der Waals surface area contributed by atoms with Crippen LogP contribution in [-0.4, -0.2) is 41.6 Å². The van der Waals surface area contributed by atoms with Crippen molar-refractivity contribution < 1.29 is 14.7 Å². The molecule has 1 heterocycles. The summed E-state index contributed by atoms with van der Waals surface area (Å²) in [5.74, 6) is -0.296. The van der Waals surface area contributed by atoms with E-state index in [9.17, 15) is 9.59 Å². The zero-order valence-electron chi connectivity index (χ0n) is 10.1. The second kappa shape index (κ2) is 8.19. The van der Waals surface area contributed by atoms with E-state index in [1.165, 1.54) is 0 Å². The lowest BCUT2D eigenvalue weighted by Gasteiger charge is -2.05. The molecule has 0 fully saturated rings. The van der Waals surface area contributed by atoms with Gasteiger partial charge in [-0.05, 0) is 18.6 Å². The molecule has 0 atom stereocenters. The van der Waals surface area contributed by atoms with E-state index in [-0.39, 0.29) is 25.0 Å². The molecule has 0 aliphatic rings. The number of amides is 2. The van der Waals surface area contributed by atoms with E-state index >= 15 is 0 Å². The van der Waals surface area contributed by atoms with Gasteiger partial charge < -0.3 is 15.7 Å². The van der Waals surface area contributed by atoms with E-state index in [2.05, 4.69) is 15.6 Å². The van der Waals surface area contributed by atoms with E-state index in [0.29, 0.717) is 24.9 Å². The van der Waals surface area contributed by atoms with Crippen molar-refractivity contribution in [2.75, 3.05) is 19.7 Å². The summed E-state index contributed by atoms with van der Waals surface area (Å²) in [6.45, 7) is 0.639. The number of nitrogens with zero attached hydrogens (tertiary/aromatic N) is 1. The molecule has 6 nitrogen and oxygen atoms in total. The molecule has 0 saturated heterocycles. The Labute approximate surface area is 105 Å². The van der Waals surface area contributed by atoms with Crippen LogP contribution in [0.25, 0.3) is 0 Å². The summed E-state index contributed by atoms with van der Waals surface area (Å²) in [4.78, 5) is 26.6. The first kappa shape index (κ1) is 14.1. The van der Waals surface area contributed by atoms with Gasteiger partial charge in [0.15, 0.2) is 0 Å². The van der Waals surface area contributed by atoms with Gasteiger partial charge in [0.05, 0.1) is 6.61 Å². The monoisotopic (exact) mass is 251 g/mol. The number of nitrogens with one attached hydrogen (secondary N) is 2. The summed E-state index contributed by atoms with van der Waals surface area (Å²) in [7, 11) is 0. The Bertz CT molecular complexity index is 381. The average Bonchev–Trinajstić information content (AvgIpc) is 2.42. The zero-order valence-corrected chi connectivity index (χ0v) is 10.1. The van der Waals surface area contributed by atoms with E-state index in [1.54, 1.807) is 24.5 Å². The fraction of sp³-hybridized carbons (Fsp3) is 0.417. The summed E-state index contributed by atoms with van der Waals surface area (Å²) in [6, 6.07) is 3.26. The van der Waals surface area contributed by atoms with Crippen LogP contribution in [0.2, 0.25) is 0 Å². The van der Waals surface area contributed by atoms with Crippen molar-refractivity contribution in [1.29, 1.82) is 0 Å². The number of hydrogen-bond donors (Lipinski definition) is 3. The van der Waals surface area contributed by atoms with Crippen molar-refractivity contribution >= 4 is 11.8 Å². The third-order valence-electron chi connectivity index (χ3n) is 2.24. The molecule has 1 aromatic rings. The number of aliphatic hydroxyl groups excluding tert-OH is 1. The molecule has 1 rings (SSSR count). The van der Waals surface area contributed by atoms with Crippen molar-refractivity contribution in [2.45, 2.75) is 12.8 Å². The van der Waals surface area contributed by atoms with Gasteiger partial charge in [-0.15, -0.1) is 0 Å². The fourth-order valence-electron chi connectivity index (χ4n) is 1.34. The van der Waals surface area contributed by atoms with Crippen LogP contribution < -0.4 is 10.6 Å². The molecule has 0 unspecified atom stereocenters. The van der Waals surface area contributed by atoms with Crippen LogP contribution in [-0.2, 0) is 4.79 Å². The third kappa shape index (κ3) is 5.40. The summed E-state index contributed by atoms with van der Waals surface area (Å²) >= 11 is 0. The smallest absolute Gasteiger partial charge is 0.251 e. The lowest BCUT2D eigenvalue weighted by atomic mass is 10.2. The third-order valence-corrected chi connectivity index (χ3v) is 2.24. The van der Waals surface area contributed by atoms with Gasteiger partial charge in [0, 0.05) is 37.5 Å². The van der Waals surface area contributed by atoms with Crippen molar-refractivity contribution in [1.82, 2.24) is 15.6 Å². The Kier molecular flexibility index (Phi) is 6.42. The summed E-state index contributed by atoms with van der Waals surface area (Å²) in [5, 5.41) is 13.8. The number of carbonyl (C=O) groups excluding carboxylic acids is 2. The number of pyridine rings is 1. The first-order valence-electron chi connectivity index (χ1n) is 5.80. The second-order valence-electron chi connectivity index (χ2n) is 3.67. The molecule has 0 spiro atoms. The topological polar surface area (TPSA) is 91.3 Å². The lowest BCUT2D eigenvalue weighted by Crippen LogP contribution is -2.28. The van der Waals surface area contributed by atoms with Gasteiger partial charge in [-0.3, -0.25) is 14.6 Å². The molecule has 0 saturated carbocycles. The highest BCUT2D eigenvalue weighted by molar-refractivity contribution is 5.93. The summed E-state index contributed by atoms with van der Waals surface area (Å²) < 4.78 is 0. The quantitative estimate of drug-likeness (QED) is 0.580. The van der Waals surface area contributed by atoms with Crippen molar-refractivity contribution in [3.63, 3.8) is 0 Å². The Balaban J connectivity index is 2.15. The van der Waals surface area contributed by atoms with Gasteiger partial charge in [-0.1, -0.05) is 0 Å². The molecular formula is C12H17N3O3. The van der Waals surface area contributed by atoms with Gasteiger partial charge in [0.1, 0.15) is 0 Å². The molecule has 0 bridgehead atoms. The molecule has 0 radical (unpaired) electrons. The predicted molar refractivity (Wildman–Crippen MR) is 65.9 cm³/mol. The van der Waals surface area contributed by atoms with Crippen molar-refractivity contribution in [3.05, 3.63) is 30.1 Å². The first-order valence-corrected chi connectivity index (χ1v) is 5.80. The van der Waals surface area contributed by atoms with Crippen LogP contribution in [0.3, 0.4) is 0 Å². The lowest BCUT2D eigenvalue weighted by molar-refractivity contribution is -0.121. The van der Waals surface area contributed by atoms with Crippen LogP contribution in [0, 0.1) is 0 Å². The summed E-state index contributed by atoms with van der Waals surface area (Å²) in [6.07, 6.45) is 4.00. The standard InChI is InChI=1S/C12H17N3O3/c16-9-8-14-11(17)2-1-5-15-12(18)10-3-6-13-7-4-10/h3-4,6-7,16H,1-2,5,8-9H2,(H,14,17)(H,15,18). The number of carbonyl (C=O) groups is 2. The van der Waals surface area contributed by atoms with E-state index < -0.39 is 0 Å². The minimum absolute atomic E-state index is 0.0650. The fourth-order valence-corrected chi connectivity index (χ4v) is 1.34. The van der Waals surface area contributed by atoms with Gasteiger partial charge in [-0.2, -0.15) is 0 Å². The molecular weight excluding hydrogens is 234 g/mol. The van der Waals surface area contributed by atoms with E-state index in [1.807, 2.05) is 0 Å². The van der Waals surface area contributed by atoms with Crippen LogP contribution in [0.1, 0.15) is 23.2 Å². The molecule has 0 aliphatic carbocycles. The predicted octanol–water partition coefficient (Wildman–Crippen LogP) is -0.300. The highest BCUT2D eigenvalue weighted by atomic mass is 16.3. The molecule has 6 heteroatoms. The molecule has 0 aliphatic heterocycles. The van der Waals surface area contributed by atoms with Gasteiger partial charge in [0.2, 0.25) is 5.91 Å². The van der Waals surface area contributed by atoms with Crippen LogP contribution in [0.15, 0.2) is 24.5 Å². The van der Waals surface area contributed by atoms with E-state index in [0.717, 1.165) is 0 Å². The molecule has 18 heavy (non-hydrogen) atoms. The number of aromatic nitrogens is 1. The first-order chi connectivity index (χ1) is 8.74. The molecule has 2 amide bonds. The molecule has 3 N–H and O–H groups in total. The van der Waals surface area contributed by atoms with Gasteiger partial charge in [0.25, 0.3) is 5.91 Å². The SMILES string of the molecule is O=C(CCCNC(=O)c1ccncc1)NCCO. The molecule has 98 valence electrons. The Morgan fingerprint density at radius 1 is 1.17 bits per heavy atom. The van der Waals surface area contributed by atoms with Crippen LogP contribution in [0.4, 0.5) is 0 Å². The maximum absolute atomic E-state index is 11.6. The highest BCUT2D eigenvalue weighted by Gasteiger charge is 2.04. The number of rotatable bonds is 7. The molecule has 0 aromatic carbocycles. The van der Waals surface area contributed by atoms with E-state index in [4.69, 9.17) is 5.11 Å². The Morgan fingerprint density at radius 3 is 2.56 bits per heavy atom. The van der Waals surface area contributed by atoms with Crippen molar-refractivity contribution in [2.24, 2.45) is 0 Å².